The van der Waals surface area contributed by atoms with Crippen molar-refractivity contribution in [3.05, 3.63) is 58.1 Å². The van der Waals surface area contributed by atoms with Gasteiger partial charge in [0.25, 0.3) is 0 Å². The Morgan fingerprint density at radius 3 is 2.67 bits per heavy atom. The van der Waals surface area contributed by atoms with Gasteiger partial charge in [0.15, 0.2) is 0 Å². The Balaban J connectivity index is 1.62. The van der Waals surface area contributed by atoms with Crippen LogP contribution in [0, 0.1) is 17.8 Å². The number of aromatic carboxylic acids is 1. The molecule has 2 fully saturated rings. The first-order chi connectivity index (χ1) is 14.2. The molecule has 2 saturated carbocycles. The first kappa shape index (κ1) is 19.5. The third-order valence-corrected chi connectivity index (χ3v) is 7.06. The van der Waals surface area contributed by atoms with Gasteiger partial charge in [-0.05, 0) is 78.3 Å². The van der Waals surface area contributed by atoms with Crippen molar-refractivity contribution in [3.63, 3.8) is 0 Å². The van der Waals surface area contributed by atoms with Crippen LogP contribution in [0.4, 0.5) is 18.9 Å². The fourth-order valence-corrected chi connectivity index (χ4v) is 6.19. The summed E-state index contributed by atoms with van der Waals surface area (Å²) in [4.78, 5) is 11.9. The maximum Gasteiger partial charge on any atom is 0.573 e. The van der Waals surface area contributed by atoms with Crippen molar-refractivity contribution >= 4 is 23.3 Å². The van der Waals surface area contributed by atoms with Gasteiger partial charge in [0.1, 0.15) is 5.75 Å². The van der Waals surface area contributed by atoms with Crippen LogP contribution in [-0.2, 0) is 0 Å². The SMILES string of the molecule is O=C(O)c1cc(Cl)cc2c1N[C@H](c1cccc(OC(F)(F)F)c1)[C@H]1[C@H]3CC[C@@H](C3)[C@H]21. The fourth-order valence-electron chi connectivity index (χ4n) is 5.96. The molecule has 0 amide bonds. The minimum Gasteiger partial charge on any atom is -0.478 e. The van der Waals surface area contributed by atoms with E-state index >= 15 is 0 Å². The van der Waals surface area contributed by atoms with E-state index < -0.39 is 12.3 Å². The Hall–Kier alpha value is -2.41. The monoisotopic (exact) mass is 437 g/mol. The second-order valence-corrected chi connectivity index (χ2v) is 8.84. The first-order valence-corrected chi connectivity index (χ1v) is 10.3. The van der Waals surface area contributed by atoms with Gasteiger partial charge >= 0.3 is 12.3 Å². The van der Waals surface area contributed by atoms with Gasteiger partial charge in [-0.25, -0.2) is 4.79 Å². The van der Waals surface area contributed by atoms with E-state index in [-0.39, 0.29) is 29.2 Å². The van der Waals surface area contributed by atoms with Crippen molar-refractivity contribution in [1.29, 1.82) is 0 Å². The van der Waals surface area contributed by atoms with Crippen LogP contribution in [0.1, 0.15) is 52.7 Å². The van der Waals surface area contributed by atoms with Crippen LogP contribution < -0.4 is 10.1 Å². The number of fused-ring (bicyclic) bond motifs is 7. The molecule has 1 heterocycles. The quantitative estimate of drug-likeness (QED) is 0.597. The molecule has 5 rings (SSSR count). The molecule has 0 aromatic heterocycles. The lowest BCUT2D eigenvalue weighted by atomic mass is 9.67. The van der Waals surface area contributed by atoms with E-state index in [0.29, 0.717) is 28.1 Å². The summed E-state index contributed by atoms with van der Waals surface area (Å²) in [6, 6.07) is 8.94. The van der Waals surface area contributed by atoms with Crippen LogP contribution in [-0.4, -0.2) is 17.4 Å². The fraction of sp³-hybridized carbons (Fsp3) is 0.409. The van der Waals surface area contributed by atoms with Gasteiger partial charge in [-0.3, -0.25) is 0 Å². The molecule has 5 atom stereocenters. The lowest BCUT2D eigenvalue weighted by Crippen LogP contribution is -2.36. The predicted octanol–water partition coefficient (Wildman–Crippen LogP) is 6.23. The molecule has 4 nitrogen and oxygen atoms in total. The minimum absolute atomic E-state index is 0.0893. The average molecular weight is 438 g/mol. The topological polar surface area (TPSA) is 58.6 Å². The molecule has 2 bridgehead atoms. The highest BCUT2D eigenvalue weighted by Crippen LogP contribution is 2.64. The Morgan fingerprint density at radius 1 is 1.17 bits per heavy atom. The van der Waals surface area contributed by atoms with Crippen molar-refractivity contribution in [2.75, 3.05) is 5.32 Å². The van der Waals surface area contributed by atoms with Crippen LogP contribution in [0.15, 0.2) is 36.4 Å². The lowest BCUT2D eigenvalue weighted by molar-refractivity contribution is -0.274. The van der Waals surface area contributed by atoms with Gasteiger partial charge in [-0.2, -0.15) is 0 Å². The normalized spacial score (nSPS) is 29.1. The maximum atomic E-state index is 12.7. The van der Waals surface area contributed by atoms with Crippen LogP contribution in [0.2, 0.25) is 5.02 Å². The average Bonchev–Trinajstić information content (AvgIpc) is 3.28. The van der Waals surface area contributed by atoms with E-state index in [1.807, 2.05) is 6.07 Å². The van der Waals surface area contributed by atoms with Gasteiger partial charge in [0.2, 0.25) is 0 Å². The number of rotatable bonds is 3. The summed E-state index contributed by atoms with van der Waals surface area (Å²) in [6.07, 6.45) is -1.58. The summed E-state index contributed by atoms with van der Waals surface area (Å²) in [5.41, 5.74) is 2.19. The molecule has 30 heavy (non-hydrogen) atoms. The Bertz CT molecular complexity index is 1030. The third kappa shape index (κ3) is 3.20. The molecule has 2 aromatic rings. The van der Waals surface area contributed by atoms with E-state index in [4.69, 9.17) is 11.6 Å². The van der Waals surface area contributed by atoms with Gasteiger partial charge in [-0.15, -0.1) is 13.2 Å². The highest BCUT2D eigenvalue weighted by molar-refractivity contribution is 6.31. The number of benzene rings is 2. The largest absolute Gasteiger partial charge is 0.573 e. The third-order valence-electron chi connectivity index (χ3n) is 6.84. The molecule has 2 N–H and O–H groups in total. The predicted molar refractivity (Wildman–Crippen MR) is 105 cm³/mol. The van der Waals surface area contributed by atoms with Gasteiger partial charge in [0.05, 0.1) is 17.3 Å². The second-order valence-electron chi connectivity index (χ2n) is 8.40. The summed E-state index contributed by atoms with van der Waals surface area (Å²) in [7, 11) is 0. The molecule has 1 aliphatic heterocycles. The molecule has 0 radical (unpaired) electrons. The number of hydrogen-bond acceptors (Lipinski definition) is 3. The number of carbonyl (C=O) groups is 1. The zero-order valence-corrected chi connectivity index (χ0v) is 16.5. The highest BCUT2D eigenvalue weighted by Gasteiger charge is 2.54. The van der Waals surface area contributed by atoms with E-state index in [9.17, 15) is 23.1 Å². The van der Waals surface area contributed by atoms with Crippen LogP contribution in [0.3, 0.4) is 0 Å². The maximum absolute atomic E-state index is 12.7. The number of anilines is 1. The molecular weight excluding hydrogens is 419 g/mol. The van der Waals surface area contributed by atoms with Crippen LogP contribution in [0.5, 0.6) is 5.75 Å². The first-order valence-electron chi connectivity index (χ1n) is 9.90. The van der Waals surface area contributed by atoms with Gasteiger partial charge in [0, 0.05) is 5.02 Å². The molecule has 0 saturated heterocycles. The standard InChI is InChI=1S/C22H19ClF3NO3/c23-13-8-15-17-10-4-5-11(6-10)18(17)19(27-20(15)16(9-13)21(28)29)12-2-1-3-14(7-12)30-22(24,25)26/h1-3,7-11,17-19,27H,4-6H2,(H,28,29)/t10-,11-,17+,18-,19+/m0/s1. The van der Waals surface area contributed by atoms with E-state index in [0.717, 1.165) is 24.8 Å². The van der Waals surface area contributed by atoms with Gasteiger partial charge < -0.3 is 15.2 Å². The molecular formula is C22H19ClF3NO3. The van der Waals surface area contributed by atoms with Gasteiger partial charge in [-0.1, -0.05) is 23.7 Å². The molecule has 8 heteroatoms. The van der Waals surface area contributed by atoms with E-state index in [1.54, 1.807) is 6.07 Å². The van der Waals surface area contributed by atoms with Crippen LogP contribution in [0.25, 0.3) is 0 Å². The van der Waals surface area contributed by atoms with E-state index in [2.05, 4.69) is 10.1 Å². The van der Waals surface area contributed by atoms with Crippen molar-refractivity contribution in [3.8, 4) is 5.75 Å². The minimum atomic E-state index is -4.77. The summed E-state index contributed by atoms with van der Waals surface area (Å²) >= 11 is 6.24. The number of halogens is 4. The highest BCUT2D eigenvalue weighted by atomic mass is 35.5. The summed E-state index contributed by atoms with van der Waals surface area (Å²) < 4.78 is 42.3. The number of alkyl halides is 3. The molecule has 0 spiro atoms. The molecule has 0 unspecified atom stereocenters. The molecule has 2 aliphatic carbocycles. The molecule has 3 aliphatic rings. The van der Waals surface area contributed by atoms with E-state index in [1.165, 1.54) is 24.3 Å². The summed E-state index contributed by atoms with van der Waals surface area (Å²) in [6.45, 7) is 0. The Kier molecular flexibility index (Phi) is 4.43. The smallest absolute Gasteiger partial charge is 0.478 e. The van der Waals surface area contributed by atoms with Crippen molar-refractivity contribution in [1.82, 2.24) is 0 Å². The molecule has 2 aromatic carbocycles. The Labute approximate surface area is 176 Å². The number of carboxylic acids is 1. The summed E-state index contributed by atoms with van der Waals surface area (Å²) in [5.74, 6) is -0.202. The van der Waals surface area contributed by atoms with Crippen molar-refractivity contribution in [2.45, 2.75) is 37.6 Å². The number of nitrogens with one attached hydrogen (secondary N) is 1. The lowest BCUT2D eigenvalue weighted by Gasteiger charge is -2.44. The molecule has 158 valence electrons. The Morgan fingerprint density at radius 2 is 1.93 bits per heavy atom. The van der Waals surface area contributed by atoms with Crippen molar-refractivity contribution in [2.24, 2.45) is 17.8 Å². The number of ether oxygens (including phenoxy) is 1. The zero-order valence-electron chi connectivity index (χ0n) is 15.7. The second kappa shape index (κ2) is 6.80. The van der Waals surface area contributed by atoms with Crippen molar-refractivity contribution < 1.29 is 27.8 Å². The number of carboxylic acid groups (broad SMARTS) is 1. The summed E-state index contributed by atoms with van der Waals surface area (Å²) in [5, 5.41) is 13.5. The zero-order chi connectivity index (χ0) is 21.2. The van der Waals surface area contributed by atoms with Crippen LogP contribution >= 0.6 is 11.6 Å². The number of hydrogen-bond donors (Lipinski definition) is 2.